The number of thioether (sulfide) groups is 1. The average Bonchev–Trinajstić information content (AvgIpc) is 3.23. The molecule has 2 aromatic heterocycles. The number of benzene rings is 1. The van der Waals surface area contributed by atoms with Crippen molar-refractivity contribution in [3.05, 3.63) is 58.9 Å². The molecule has 1 aromatic carbocycles. The molecular weight excluding hydrogens is 478 g/mol. The first-order valence-corrected chi connectivity index (χ1v) is 13.4. The third kappa shape index (κ3) is 8.21. The van der Waals surface area contributed by atoms with Gasteiger partial charge in [0.05, 0.1) is 5.69 Å². The Labute approximate surface area is 216 Å². The summed E-state index contributed by atoms with van der Waals surface area (Å²) >= 11 is 2.99. The highest BCUT2D eigenvalue weighted by Gasteiger charge is 2.34. The number of esters is 1. The lowest BCUT2D eigenvalue weighted by atomic mass is 10.1. The van der Waals surface area contributed by atoms with E-state index < -0.39 is 10.3 Å². The molecule has 0 bridgehead atoms. The molecule has 0 radical (unpaired) electrons. The Kier molecular flexibility index (Phi) is 8.77. The van der Waals surface area contributed by atoms with E-state index in [-0.39, 0.29) is 5.97 Å². The van der Waals surface area contributed by atoms with Crippen molar-refractivity contribution in [2.45, 2.75) is 75.6 Å². The SMILES string of the molecule is CCc1cnc(N(CCc2csc(SC(C)(C)C(=O)OC(C)(C)C)n2)Cc2ccc(N)cc2)nc1. The molecule has 0 saturated heterocycles. The lowest BCUT2D eigenvalue weighted by Gasteiger charge is -2.27. The van der Waals surface area contributed by atoms with Crippen LogP contribution in [0, 0.1) is 0 Å². The van der Waals surface area contributed by atoms with E-state index in [9.17, 15) is 4.79 Å². The van der Waals surface area contributed by atoms with E-state index in [1.807, 2.05) is 71.3 Å². The summed E-state index contributed by atoms with van der Waals surface area (Å²) in [4.78, 5) is 28.7. The van der Waals surface area contributed by atoms with Crippen LogP contribution in [0.4, 0.5) is 11.6 Å². The van der Waals surface area contributed by atoms with E-state index in [2.05, 4.69) is 27.2 Å². The van der Waals surface area contributed by atoms with Crippen LogP contribution in [0.25, 0.3) is 0 Å². The Morgan fingerprint density at radius 2 is 1.74 bits per heavy atom. The van der Waals surface area contributed by atoms with Crippen LogP contribution in [0.5, 0.6) is 0 Å². The standard InChI is InChI=1S/C26H35N5O2S2/c1-7-18-14-28-23(29-15-18)31(16-19-8-10-20(27)11-9-19)13-12-21-17-34-24(30-21)35-26(5,6)22(32)33-25(2,3)4/h8-11,14-15,17H,7,12-13,16,27H2,1-6H3. The number of anilines is 2. The van der Waals surface area contributed by atoms with Gasteiger partial charge in [-0.3, -0.25) is 4.79 Å². The monoisotopic (exact) mass is 513 g/mol. The molecule has 0 fully saturated rings. The summed E-state index contributed by atoms with van der Waals surface area (Å²) < 4.78 is 5.71. The number of thiazole rings is 1. The first kappa shape index (κ1) is 26.9. The molecule has 0 aliphatic rings. The van der Waals surface area contributed by atoms with Gasteiger partial charge < -0.3 is 15.4 Å². The second-order valence-corrected chi connectivity index (χ2v) is 12.6. The molecule has 2 heterocycles. The van der Waals surface area contributed by atoms with E-state index in [4.69, 9.17) is 15.5 Å². The number of rotatable bonds is 10. The molecule has 0 spiro atoms. The van der Waals surface area contributed by atoms with Crippen molar-refractivity contribution in [1.29, 1.82) is 0 Å². The molecule has 0 atom stereocenters. The molecule has 188 valence electrons. The minimum Gasteiger partial charge on any atom is -0.459 e. The molecule has 0 amide bonds. The molecule has 0 aliphatic carbocycles. The van der Waals surface area contributed by atoms with E-state index >= 15 is 0 Å². The van der Waals surface area contributed by atoms with Crippen molar-refractivity contribution in [3.8, 4) is 0 Å². The largest absolute Gasteiger partial charge is 0.459 e. The Morgan fingerprint density at radius 3 is 2.34 bits per heavy atom. The number of ether oxygens (including phenoxy) is 1. The molecule has 2 N–H and O–H groups in total. The van der Waals surface area contributed by atoms with Crippen LogP contribution >= 0.6 is 23.1 Å². The summed E-state index contributed by atoms with van der Waals surface area (Å²) in [6, 6.07) is 7.87. The average molecular weight is 514 g/mol. The molecule has 0 unspecified atom stereocenters. The predicted molar refractivity (Wildman–Crippen MR) is 145 cm³/mol. The Morgan fingerprint density at radius 1 is 1.09 bits per heavy atom. The number of aromatic nitrogens is 3. The minimum absolute atomic E-state index is 0.242. The van der Waals surface area contributed by atoms with E-state index in [0.717, 1.165) is 39.7 Å². The zero-order chi connectivity index (χ0) is 25.6. The Bertz CT molecular complexity index is 1110. The number of aryl methyl sites for hydroxylation is 1. The molecule has 0 aliphatic heterocycles. The van der Waals surface area contributed by atoms with Gasteiger partial charge in [0.25, 0.3) is 0 Å². The minimum atomic E-state index is -0.724. The Hall–Kier alpha value is -2.65. The van der Waals surface area contributed by atoms with E-state index in [0.29, 0.717) is 19.0 Å². The number of nitrogens with zero attached hydrogens (tertiary/aromatic N) is 4. The first-order valence-electron chi connectivity index (χ1n) is 11.7. The fraction of sp³-hybridized carbons (Fsp3) is 0.462. The van der Waals surface area contributed by atoms with Gasteiger partial charge in [0.15, 0.2) is 4.34 Å². The van der Waals surface area contributed by atoms with Crippen LogP contribution < -0.4 is 10.6 Å². The lowest BCUT2D eigenvalue weighted by molar-refractivity contribution is -0.156. The van der Waals surface area contributed by atoms with Gasteiger partial charge in [0.1, 0.15) is 10.3 Å². The number of nitrogens with two attached hydrogens (primary N) is 1. The highest BCUT2D eigenvalue weighted by Crippen LogP contribution is 2.36. The van der Waals surface area contributed by atoms with Crippen LogP contribution in [-0.4, -0.2) is 37.8 Å². The zero-order valence-corrected chi connectivity index (χ0v) is 23.0. The fourth-order valence-corrected chi connectivity index (χ4v) is 5.41. The smallest absolute Gasteiger partial charge is 0.322 e. The summed E-state index contributed by atoms with van der Waals surface area (Å²) in [5, 5.41) is 2.05. The van der Waals surface area contributed by atoms with Gasteiger partial charge >= 0.3 is 5.97 Å². The summed E-state index contributed by atoms with van der Waals surface area (Å²) in [7, 11) is 0. The van der Waals surface area contributed by atoms with E-state index in [1.165, 1.54) is 11.8 Å². The van der Waals surface area contributed by atoms with Crippen molar-refractivity contribution in [3.63, 3.8) is 0 Å². The molecule has 35 heavy (non-hydrogen) atoms. The number of hydrogen-bond acceptors (Lipinski definition) is 9. The quantitative estimate of drug-likeness (QED) is 0.215. The first-order chi connectivity index (χ1) is 16.4. The summed E-state index contributed by atoms with van der Waals surface area (Å²) in [5.74, 6) is 0.448. The van der Waals surface area contributed by atoms with Gasteiger partial charge in [-0.25, -0.2) is 15.0 Å². The van der Waals surface area contributed by atoms with Gasteiger partial charge in [-0.1, -0.05) is 30.8 Å². The van der Waals surface area contributed by atoms with Gasteiger partial charge in [-0.05, 0) is 64.3 Å². The van der Waals surface area contributed by atoms with Gasteiger partial charge in [0, 0.05) is 43.0 Å². The second kappa shape index (κ2) is 11.4. The molecule has 9 heteroatoms. The normalized spacial score (nSPS) is 11.9. The fourth-order valence-electron chi connectivity index (χ4n) is 3.15. The van der Waals surface area contributed by atoms with Crippen LogP contribution in [-0.2, 0) is 28.9 Å². The van der Waals surface area contributed by atoms with Crippen molar-refractivity contribution < 1.29 is 9.53 Å². The maximum absolute atomic E-state index is 12.6. The van der Waals surface area contributed by atoms with Crippen molar-refractivity contribution in [2.24, 2.45) is 0 Å². The summed E-state index contributed by atoms with van der Waals surface area (Å²) in [6.07, 6.45) is 5.40. The van der Waals surface area contributed by atoms with Gasteiger partial charge in [-0.2, -0.15) is 0 Å². The third-order valence-electron chi connectivity index (χ3n) is 5.14. The highest BCUT2D eigenvalue weighted by atomic mass is 32.2. The number of nitrogen functional groups attached to an aromatic ring is 1. The molecule has 7 nitrogen and oxygen atoms in total. The number of hydrogen-bond donors (Lipinski definition) is 1. The van der Waals surface area contributed by atoms with Gasteiger partial charge in [-0.15, -0.1) is 11.3 Å². The topological polar surface area (TPSA) is 94.2 Å². The second-order valence-electron chi connectivity index (χ2n) is 9.88. The summed E-state index contributed by atoms with van der Waals surface area (Å²) in [6.45, 7) is 12.8. The molecule has 0 saturated carbocycles. The van der Waals surface area contributed by atoms with E-state index in [1.54, 1.807) is 11.3 Å². The molecule has 3 aromatic rings. The van der Waals surface area contributed by atoms with Crippen molar-refractivity contribution in [1.82, 2.24) is 15.0 Å². The summed E-state index contributed by atoms with van der Waals surface area (Å²) in [5.41, 5.74) is 9.29. The zero-order valence-electron chi connectivity index (χ0n) is 21.4. The molecule has 3 rings (SSSR count). The van der Waals surface area contributed by atoms with Gasteiger partial charge in [0.2, 0.25) is 5.95 Å². The highest BCUT2D eigenvalue weighted by molar-refractivity contribution is 8.03. The van der Waals surface area contributed by atoms with Crippen LogP contribution in [0.15, 0.2) is 46.4 Å². The third-order valence-corrected chi connectivity index (χ3v) is 7.30. The number of carbonyl (C=O) groups is 1. The predicted octanol–water partition coefficient (Wildman–Crippen LogP) is 5.54. The maximum Gasteiger partial charge on any atom is 0.322 e. The Balaban J connectivity index is 1.69. The van der Waals surface area contributed by atoms with Crippen LogP contribution in [0.1, 0.15) is 58.4 Å². The van der Waals surface area contributed by atoms with Crippen LogP contribution in [0.2, 0.25) is 0 Å². The maximum atomic E-state index is 12.6. The van der Waals surface area contributed by atoms with Crippen molar-refractivity contribution >= 4 is 40.7 Å². The molecular formula is C26H35N5O2S2. The lowest BCUT2D eigenvalue weighted by Crippen LogP contribution is -2.36. The van der Waals surface area contributed by atoms with Crippen LogP contribution in [0.3, 0.4) is 0 Å². The van der Waals surface area contributed by atoms with Crippen molar-refractivity contribution in [2.75, 3.05) is 17.2 Å². The number of carbonyl (C=O) groups excluding carboxylic acids is 1.